The molecular formula is C14H20N2O3. The predicted molar refractivity (Wildman–Crippen MR) is 74.6 cm³/mol. The SMILES string of the molecule is COc1ccc([N+](=O)[O-])c(NC2CCC(C)C2C)c1. The average Bonchev–Trinajstić information content (AvgIpc) is 2.70. The predicted octanol–water partition coefficient (Wildman–Crippen LogP) is 3.45. The molecule has 0 saturated heterocycles. The monoisotopic (exact) mass is 264 g/mol. The van der Waals surface area contributed by atoms with E-state index < -0.39 is 0 Å². The largest absolute Gasteiger partial charge is 0.497 e. The molecule has 0 spiro atoms. The van der Waals surface area contributed by atoms with E-state index in [1.807, 2.05) is 0 Å². The van der Waals surface area contributed by atoms with Crippen LogP contribution in [-0.4, -0.2) is 18.1 Å². The number of methoxy groups -OCH3 is 1. The molecule has 5 heteroatoms. The fourth-order valence-electron chi connectivity index (χ4n) is 2.69. The minimum atomic E-state index is -0.356. The fourth-order valence-corrected chi connectivity index (χ4v) is 2.69. The lowest BCUT2D eigenvalue weighted by atomic mass is 9.97. The van der Waals surface area contributed by atoms with E-state index in [0.29, 0.717) is 29.3 Å². The van der Waals surface area contributed by atoms with E-state index in [9.17, 15) is 10.1 Å². The van der Waals surface area contributed by atoms with Gasteiger partial charge in [0.1, 0.15) is 11.4 Å². The average molecular weight is 264 g/mol. The number of rotatable bonds is 4. The molecule has 0 aromatic heterocycles. The number of benzene rings is 1. The minimum absolute atomic E-state index is 0.104. The van der Waals surface area contributed by atoms with Crippen molar-refractivity contribution in [1.29, 1.82) is 0 Å². The van der Waals surface area contributed by atoms with Crippen LogP contribution < -0.4 is 10.1 Å². The van der Waals surface area contributed by atoms with Gasteiger partial charge in [0.2, 0.25) is 0 Å². The van der Waals surface area contributed by atoms with Gasteiger partial charge in [0.15, 0.2) is 0 Å². The van der Waals surface area contributed by atoms with Crippen molar-refractivity contribution in [3.8, 4) is 5.75 Å². The van der Waals surface area contributed by atoms with E-state index >= 15 is 0 Å². The molecule has 1 N–H and O–H groups in total. The first-order valence-electron chi connectivity index (χ1n) is 6.62. The van der Waals surface area contributed by atoms with Gasteiger partial charge in [-0.1, -0.05) is 13.8 Å². The first-order valence-corrected chi connectivity index (χ1v) is 6.62. The van der Waals surface area contributed by atoms with Crippen LogP contribution in [0.5, 0.6) is 5.75 Å². The van der Waals surface area contributed by atoms with E-state index in [2.05, 4.69) is 19.2 Å². The summed E-state index contributed by atoms with van der Waals surface area (Å²) in [6.45, 7) is 4.42. The van der Waals surface area contributed by atoms with Crippen LogP contribution in [0, 0.1) is 22.0 Å². The molecule has 0 radical (unpaired) electrons. The smallest absolute Gasteiger partial charge is 0.292 e. The van der Waals surface area contributed by atoms with Crippen LogP contribution in [0.2, 0.25) is 0 Å². The molecule has 3 atom stereocenters. The summed E-state index contributed by atoms with van der Waals surface area (Å²) in [5.74, 6) is 1.81. The zero-order chi connectivity index (χ0) is 14.0. The number of hydrogen-bond donors (Lipinski definition) is 1. The van der Waals surface area contributed by atoms with E-state index in [4.69, 9.17) is 4.74 Å². The lowest BCUT2D eigenvalue weighted by molar-refractivity contribution is -0.384. The zero-order valence-corrected chi connectivity index (χ0v) is 11.6. The standard InChI is InChI=1S/C14H20N2O3/c1-9-4-6-12(10(9)2)15-13-8-11(19-3)5-7-14(13)16(17)18/h5,7-10,12,15H,4,6H2,1-3H3. The molecular weight excluding hydrogens is 244 g/mol. The summed E-state index contributed by atoms with van der Waals surface area (Å²) in [5, 5.41) is 14.4. The Morgan fingerprint density at radius 1 is 1.37 bits per heavy atom. The second kappa shape index (κ2) is 5.47. The molecule has 19 heavy (non-hydrogen) atoms. The van der Waals surface area contributed by atoms with Gasteiger partial charge in [-0.3, -0.25) is 10.1 Å². The second-order valence-electron chi connectivity index (χ2n) is 5.30. The summed E-state index contributed by atoms with van der Waals surface area (Å²) < 4.78 is 5.14. The molecule has 3 unspecified atom stereocenters. The Balaban J connectivity index is 2.25. The number of nitrogens with zero attached hydrogens (tertiary/aromatic N) is 1. The molecule has 0 amide bonds. The summed E-state index contributed by atoms with van der Waals surface area (Å²) >= 11 is 0. The second-order valence-corrected chi connectivity index (χ2v) is 5.30. The highest BCUT2D eigenvalue weighted by Gasteiger charge is 2.31. The first-order chi connectivity index (χ1) is 9.02. The van der Waals surface area contributed by atoms with Gasteiger partial charge in [-0.05, 0) is 30.7 Å². The molecule has 1 aromatic rings. The summed E-state index contributed by atoms with van der Waals surface area (Å²) in [4.78, 5) is 10.7. The van der Waals surface area contributed by atoms with Crippen LogP contribution in [0.4, 0.5) is 11.4 Å². The van der Waals surface area contributed by atoms with E-state index in [0.717, 1.165) is 12.8 Å². The van der Waals surface area contributed by atoms with Crippen LogP contribution in [0.1, 0.15) is 26.7 Å². The van der Waals surface area contributed by atoms with Crippen molar-refractivity contribution in [2.45, 2.75) is 32.7 Å². The van der Waals surface area contributed by atoms with Gasteiger partial charge in [-0.25, -0.2) is 0 Å². The summed E-state index contributed by atoms with van der Waals surface area (Å²) in [6.07, 6.45) is 2.22. The third kappa shape index (κ3) is 2.80. The molecule has 0 aliphatic heterocycles. The van der Waals surface area contributed by atoms with Crippen LogP contribution in [0.3, 0.4) is 0 Å². The molecule has 104 valence electrons. The number of ether oxygens (including phenoxy) is 1. The van der Waals surface area contributed by atoms with Crippen molar-refractivity contribution in [2.75, 3.05) is 12.4 Å². The maximum Gasteiger partial charge on any atom is 0.292 e. The molecule has 1 fully saturated rings. The Labute approximate surface area is 113 Å². The highest BCUT2D eigenvalue weighted by molar-refractivity contribution is 5.64. The quantitative estimate of drug-likeness (QED) is 0.668. The molecule has 2 rings (SSSR count). The van der Waals surface area contributed by atoms with Gasteiger partial charge in [0.25, 0.3) is 5.69 Å². The summed E-state index contributed by atoms with van der Waals surface area (Å²) in [5.41, 5.74) is 0.655. The number of hydrogen-bond acceptors (Lipinski definition) is 4. The van der Waals surface area contributed by atoms with Crippen molar-refractivity contribution in [1.82, 2.24) is 0 Å². The number of nitro groups is 1. The lowest BCUT2D eigenvalue weighted by Crippen LogP contribution is -2.24. The maximum atomic E-state index is 11.1. The Morgan fingerprint density at radius 3 is 2.63 bits per heavy atom. The van der Waals surface area contributed by atoms with Gasteiger partial charge in [-0.2, -0.15) is 0 Å². The van der Waals surface area contributed by atoms with Crippen LogP contribution in [-0.2, 0) is 0 Å². The third-order valence-corrected chi connectivity index (χ3v) is 4.21. The number of nitro benzene ring substituents is 1. The van der Waals surface area contributed by atoms with Crippen molar-refractivity contribution in [3.05, 3.63) is 28.3 Å². The minimum Gasteiger partial charge on any atom is -0.497 e. The third-order valence-electron chi connectivity index (χ3n) is 4.21. The number of nitrogens with one attached hydrogen (secondary N) is 1. The van der Waals surface area contributed by atoms with Gasteiger partial charge in [0.05, 0.1) is 12.0 Å². The molecule has 1 aliphatic carbocycles. The Morgan fingerprint density at radius 2 is 2.11 bits per heavy atom. The molecule has 1 aliphatic rings. The fraction of sp³-hybridized carbons (Fsp3) is 0.571. The van der Waals surface area contributed by atoms with Crippen molar-refractivity contribution in [2.24, 2.45) is 11.8 Å². The Hall–Kier alpha value is -1.78. The van der Waals surface area contributed by atoms with Crippen LogP contribution in [0.15, 0.2) is 18.2 Å². The van der Waals surface area contributed by atoms with Crippen molar-refractivity contribution >= 4 is 11.4 Å². The van der Waals surface area contributed by atoms with E-state index in [1.54, 1.807) is 19.2 Å². The normalized spacial score (nSPS) is 26.2. The highest BCUT2D eigenvalue weighted by atomic mass is 16.6. The molecule has 1 saturated carbocycles. The molecule has 0 heterocycles. The van der Waals surface area contributed by atoms with Crippen LogP contribution in [0.25, 0.3) is 0 Å². The summed E-state index contributed by atoms with van der Waals surface area (Å²) in [6, 6.07) is 5.10. The topological polar surface area (TPSA) is 64.4 Å². The van der Waals surface area contributed by atoms with Crippen molar-refractivity contribution < 1.29 is 9.66 Å². The van der Waals surface area contributed by atoms with Gasteiger partial charge in [-0.15, -0.1) is 0 Å². The number of anilines is 1. The maximum absolute atomic E-state index is 11.1. The lowest BCUT2D eigenvalue weighted by Gasteiger charge is -2.21. The van der Waals surface area contributed by atoms with Gasteiger partial charge in [0, 0.05) is 18.2 Å². The van der Waals surface area contributed by atoms with Gasteiger partial charge >= 0.3 is 0 Å². The van der Waals surface area contributed by atoms with Gasteiger partial charge < -0.3 is 10.1 Å². The summed E-state index contributed by atoms with van der Waals surface area (Å²) in [7, 11) is 1.56. The molecule has 5 nitrogen and oxygen atoms in total. The van der Waals surface area contributed by atoms with E-state index in [1.165, 1.54) is 6.07 Å². The first kappa shape index (κ1) is 13.6. The van der Waals surface area contributed by atoms with Crippen LogP contribution >= 0.6 is 0 Å². The van der Waals surface area contributed by atoms with E-state index in [-0.39, 0.29) is 10.6 Å². The zero-order valence-electron chi connectivity index (χ0n) is 11.6. The molecule has 0 bridgehead atoms. The van der Waals surface area contributed by atoms with Crippen molar-refractivity contribution in [3.63, 3.8) is 0 Å². The Bertz CT molecular complexity index is 476. The highest BCUT2D eigenvalue weighted by Crippen LogP contribution is 2.36. The Kier molecular flexibility index (Phi) is 3.93. The molecule has 1 aromatic carbocycles.